The first-order valence-electron chi connectivity index (χ1n) is 4.51. The third-order valence-electron chi connectivity index (χ3n) is 3.42. The van der Waals surface area contributed by atoms with Crippen LogP contribution in [0.25, 0.3) is 0 Å². The molecular formula is C8H9NO6S. The highest BCUT2D eigenvalue weighted by atomic mass is 32.2. The molecule has 4 N–H and O–H groups in total. The van der Waals surface area contributed by atoms with Crippen molar-refractivity contribution in [3.05, 3.63) is 0 Å². The van der Waals surface area contributed by atoms with Crippen LogP contribution in [0.15, 0.2) is 0 Å². The van der Waals surface area contributed by atoms with Crippen molar-refractivity contribution >= 4 is 27.1 Å². The molecule has 0 saturated heterocycles. The number of rotatable bonds is 2. The molecule has 2 aliphatic rings. The van der Waals surface area contributed by atoms with Gasteiger partial charge in [-0.15, -0.1) is 0 Å². The number of hydrogen-bond donors (Lipinski definition) is 3. The van der Waals surface area contributed by atoms with E-state index in [0.29, 0.717) is 0 Å². The lowest BCUT2D eigenvalue weighted by Crippen LogP contribution is -2.36. The second-order valence-electron chi connectivity index (χ2n) is 4.08. The molecule has 0 heterocycles. The topological polar surface area (TPSA) is 135 Å². The zero-order valence-corrected chi connectivity index (χ0v) is 8.77. The van der Waals surface area contributed by atoms with E-state index in [1.54, 1.807) is 0 Å². The molecule has 2 aliphatic carbocycles. The summed E-state index contributed by atoms with van der Waals surface area (Å²) in [5.41, 5.74) is 4.21. The standard InChI is InChI=1S/C8H9NO6S/c9-8-3(16(14)15)1-2(6(10)11)4(8)5(8)7(12)13/h2,4-5H,1,9H2,(H,10,11)(H,12,13). The largest absolute Gasteiger partial charge is 0.481 e. The van der Waals surface area contributed by atoms with E-state index in [4.69, 9.17) is 15.9 Å². The van der Waals surface area contributed by atoms with E-state index >= 15 is 0 Å². The van der Waals surface area contributed by atoms with Crippen LogP contribution in [-0.4, -0.2) is 41.0 Å². The first-order valence-corrected chi connectivity index (χ1v) is 5.59. The number of hydrogen-bond acceptors (Lipinski definition) is 5. The molecule has 2 saturated carbocycles. The number of carboxylic acid groups (broad SMARTS) is 2. The molecule has 0 aromatic carbocycles. The summed E-state index contributed by atoms with van der Waals surface area (Å²) in [4.78, 5) is 21.5. The van der Waals surface area contributed by atoms with Gasteiger partial charge in [0.1, 0.15) is 0 Å². The highest BCUT2D eigenvalue weighted by Gasteiger charge is 2.77. The van der Waals surface area contributed by atoms with Gasteiger partial charge in [-0.25, -0.2) is 0 Å². The van der Waals surface area contributed by atoms with E-state index in [9.17, 15) is 18.0 Å². The van der Waals surface area contributed by atoms with Gasteiger partial charge in [0.05, 0.1) is 22.2 Å². The molecule has 0 radical (unpaired) electrons. The Morgan fingerprint density at radius 3 is 2.25 bits per heavy atom. The lowest BCUT2D eigenvalue weighted by Gasteiger charge is -2.08. The van der Waals surface area contributed by atoms with Gasteiger partial charge in [-0.3, -0.25) is 9.59 Å². The smallest absolute Gasteiger partial charge is 0.309 e. The summed E-state index contributed by atoms with van der Waals surface area (Å²) >= 11 is 0. The number of aliphatic carboxylic acids is 2. The molecule has 0 bridgehead atoms. The van der Waals surface area contributed by atoms with E-state index in [0.717, 1.165) is 0 Å². The molecule has 0 aromatic rings. The number of nitrogens with two attached hydrogens (primary N) is 1. The van der Waals surface area contributed by atoms with Crippen LogP contribution in [0.4, 0.5) is 0 Å². The Hall–Kier alpha value is -1.41. The van der Waals surface area contributed by atoms with Gasteiger partial charge >= 0.3 is 11.9 Å². The Morgan fingerprint density at radius 1 is 1.31 bits per heavy atom. The molecule has 2 fully saturated rings. The summed E-state index contributed by atoms with van der Waals surface area (Å²) in [5.74, 6) is -5.38. The molecule has 0 amide bonds. The molecule has 2 rings (SSSR count). The van der Waals surface area contributed by atoms with Crippen molar-refractivity contribution in [2.45, 2.75) is 12.0 Å². The van der Waals surface area contributed by atoms with Gasteiger partial charge < -0.3 is 15.9 Å². The molecule has 0 aliphatic heterocycles. The maximum Gasteiger partial charge on any atom is 0.309 e. The summed E-state index contributed by atoms with van der Waals surface area (Å²) in [5, 5.41) is 17.7. The quantitative estimate of drug-likeness (QED) is 0.488. The first kappa shape index (κ1) is 11.1. The van der Waals surface area contributed by atoms with Gasteiger partial charge in [0, 0.05) is 5.92 Å². The van der Waals surface area contributed by atoms with Crippen LogP contribution in [0.1, 0.15) is 6.42 Å². The Labute approximate surface area is 91.4 Å². The van der Waals surface area contributed by atoms with Crippen LogP contribution in [0.5, 0.6) is 0 Å². The average Bonchev–Trinajstić information content (AvgIpc) is 2.61. The fourth-order valence-electron chi connectivity index (χ4n) is 2.67. The first-order chi connectivity index (χ1) is 7.31. The third-order valence-corrected chi connectivity index (χ3v) is 4.34. The highest BCUT2D eigenvalue weighted by molar-refractivity contribution is 7.73. The minimum atomic E-state index is -2.63. The number of carbonyl (C=O) groups is 2. The number of fused-ring (bicyclic) bond motifs is 1. The van der Waals surface area contributed by atoms with Crippen molar-refractivity contribution in [3.63, 3.8) is 0 Å². The minimum Gasteiger partial charge on any atom is -0.481 e. The molecule has 4 atom stereocenters. The molecule has 88 valence electrons. The van der Waals surface area contributed by atoms with Crippen LogP contribution < -0.4 is 5.73 Å². The van der Waals surface area contributed by atoms with Gasteiger partial charge in [-0.2, -0.15) is 8.42 Å². The predicted octanol–water partition coefficient (Wildman–Crippen LogP) is -1.83. The Kier molecular flexibility index (Phi) is 2.11. The van der Waals surface area contributed by atoms with E-state index < -0.39 is 45.5 Å². The summed E-state index contributed by atoms with van der Waals surface area (Å²) in [6.45, 7) is 0. The molecule has 7 nitrogen and oxygen atoms in total. The SMILES string of the molecule is NC12C(=S(=O)=O)CC(C(=O)O)C1C2C(=O)O. The van der Waals surface area contributed by atoms with Gasteiger partial charge in [-0.1, -0.05) is 0 Å². The fourth-order valence-corrected chi connectivity index (χ4v) is 3.54. The normalized spacial score (nSPS) is 40.3. The molecule has 4 unspecified atom stereocenters. The van der Waals surface area contributed by atoms with Crippen molar-refractivity contribution in [3.8, 4) is 0 Å². The number of carboxylic acids is 2. The maximum atomic E-state index is 10.9. The summed E-state index contributed by atoms with van der Waals surface area (Å²) in [6.07, 6.45) is -0.184. The predicted molar refractivity (Wildman–Crippen MR) is 51.2 cm³/mol. The Balaban J connectivity index is 2.50. The van der Waals surface area contributed by atoms with E-state index in [-0.39, 0.29) is 11.3 Å². The van der Waals surface area contributed by atoms with E-state index in [1.165, 1.54) is 0 Å². The van der Waals surface area contributed by atoms with Crippen LogP contribution >= 0.6 is 0 Å². The van der Waals surface area contributed by atoms with Crippen LogP contribution in [0.2, 0.25) is 0 Å². The third kappa shape index (κ3) is 1.14. The molecule has 0 spiro atoms. The van der Waals surface area contributed by atoms with Crippen molar-refractivity contribution in [2.75, 3.05) is 0 Å². The zero-order chi connectivity index (χ0) is 12.2. The lowest BCUT2D eigenvalue weighted by molar-refractivity contribution is -0.143. The van der Waals surface area contributed by atoms with Crippen molar-refractivity contribution in [1.82, 2.24) is 0 Å². The molecular weight excluding hydrogens is 238 g/mol. The van der Waals surface area contributed by atoms with Gasteiger partial charge in [0.15, 0.2) is 0 Å². The molecule has 8 heteroatoms. The molecule has 16 heavy (non-hydrogen) atoms. The summed E-state index contributed by atoms with van der Waals surface area (Å²) in [7, 11) is -2.63. The Morgan fingerprint density at radius 2 is 1.88 bits per heavy atom. The van der Waals surface area contributed by atoms with Crippen LogP contribution in [0.3, 0.4) is 0 Å². The van der Waals surface area contributed by atoms with E-state index in [1.807, 2.05) is 0 Å². The van der Waals surface area contributed by atoms with Crippen LogP contribution in [-0.2, 0) is 19.9 Å². The van der Waals surface area contributed by atoms with E-state index in [2.05, 4.69) is 0 Å². The van der Waals surface area contributed by atoms with Crippen LogP contribution in [0, 0.1) is 17.8 Å². The van der Waals surface area contributed by atoms with Gasteiger partial charge in [0.25, 0.3) is 0 Å². The molecule has 0 aromatic heterocycles. The van der Waals surface area contributed by atoms with Gasteiger partial charge in [0.2, 0.25) is 10.3 Å². The minimum absolute atomic E-state index is 0.183. The van der Waals surface area contributed by atoms with Crippen molar-refractivity contribution in [1.29, 1.82) is 0 Å². The van der Waals surface area contributed by atoms with Crippen molar-refractivity contribution < 1.29 is 28.2 Å². The summed E-state index contributed by atoms with van der Waals surface area (Å²) < 4.78 is 21.8. The summed E-state index contributed by atoms with van der Waals surface area (Å²) in [6, 6.07) is 0. The van der Waals surface area contributed by atoms with Crippen molar-refractivity contribution in [2.24, 2.45) is 23.5 Å². The maximum absolute atomic E-state index is 10.9. The lowest BCUT2D eigenvalue weighted by atomic mass is 10.00. The second kappa shape index (κ2) is 3.05. The highest BCUT2D eigenvalue weighted by Crippen LogP contribution is 2.60. The average molecular weight is 247 g/mol. The zero-order valence-electron chi connectivity index (χ0n) is 7.95. The second-order valence-corrected chi connectivity index (χ2v) is 5.04. The fraction of sp³-hybridized carbons (Fsp3) is 0.625. The Bertz CT molecular complexity index is 499. The monoisotopic (exact) mass is 247 g/mol. The van der Waals surface area contributed by atoms with Gasteiger partial charge in [-0.05, 0) is 6.42 Å².